The van der Waals surface area contributed by atoms with Crippen molar-refractivity contribution in [2.75, 3.05) is 13.1 Å². The van der Waals surface area contributed by atoms with E-state index in [2.05, 4.69) is 5.32 Å². The smallest absolute Gasteiger partial charge is 0.135 e. The molecule has 1 heterocycles. The molecule has 0 aromatic heterocycles. The zero-order valence-corrected chi connectivity index (χ0v) is 9.63. The van der Waals surface area contributed by atoms with Crippen LogP contribution < -0.4 is 5.32 Å². The summed E-state index contributed by atoms with van der Waals surface area (Å²) in [5.74, 6) is 1.76. The lowest BCUT2D eigenvalue weighted by Crippen LogP contribution is -2.19. The standard InChI is InChI=1S/C13H23NO/c15-13(12-4-2-1-3-5-12)7-6-11-8-9-14-10-11/h11-12,14H,1-10H2. The number of hydrogen-bond donors (Lipinski definition) is 1. The highest BCUT2D eigenvalue weighted by molar-refractivity contribution is 5.81. The maximum absolute atomic E-state index is 11.9. The zero-order valence-electron chi connectivity index (χ0n) is 9.63. The number of Topliss-reactive ketones (excluding diaryl/α,β-unsaturated/α-hetero) is 1. The normalized spacial score (nSPS) is 28.1. The summed E-state index contributed by atoms with van der Waals surface area (Å²) < 4.78 is 0. The monoisotopic (exact) mass is 209 g/mol. The van der Waals surface area contributed by atoms with Gasteiger partial charge in [-0.25, -0.2) is 0 Å². The van der Waals surface area contributed by atoms with Gasteiger partial charge in [0.2, 0.25) is 0 Å². The van der Waals surface area contributed by atoms with E-state index >= 15 is 0 Å². The van der Waals surface area contributed by atoms with Gasteiger partial charge in [-0.05, 0) is 44.7 Å². The molecule has 1 aliphatic carbocycles. The summed E-state index contributed by atoms with van der Waals surface area (Å²) in [7, 11) is 0. The molecule has 0 spiro atoms. The van der Waals surface area contributed by atoms with Crippen LogP contribution in [0, 0.1) is 11.8 Å². The minimum absolute atomic E-state index is 0.424. The topological polar surface area (TPSA) is 29.1 Å². The van der Waals surface area contributed by atoms with Gasteiger partial charge in [0.25, 0.3) is 0 Å². The molecule has 86 valence electrons. The van der Waals surface area contributed by atoms with Crippen LogP contribution in [0.4, 0.5) is 0 Å². The lowest BCUT2D eigenvalue weighted by molar-refractivity contribution is -0.124. The fourth-order valence-electron chi connectivity index (χ4n) is 2.94. The van der Waals surface area contributed by atoms with E-state index in [4.69, 9.17) is 0 Å². The molecule has 2 fully saturated rings. The molecule has 1 saturated heterocycles. The van der Waals surface area contributed by atoms with Crippen molar-refractivity contribution in [2.24, 2.45) is 11.8 Å². The average Bonchev–Trinajstić information content (AvgIpc) is 2.80. The van der Waals surface area contributed by atoms with Crippen LogP contribution in [0.2, 0.25) is 0 Å². The molecule has 1 N–H and O–H groups in total. The Morgan fingerprint density at radius 2 is 1.93 bits per heavy atom. The molecule has 2 aliphatic rings. The molecule has 15 heavy (non-hydrogen) atoms. The number of hydrogen-bond acceptors (Lipinski definition) is 2. The van der Waals surface area contributed by atoms with Crippen molar-refractivity contribution in [3.63, 3.8) is 0 Å². The summed E-state index contributed by atoms with van der Waals surface area (Å²) in [4.78, 5) is 11.9. The van der Waals surface area contributed by atoms with Crippen LogP contribution in [-0.2, 0) is 4.79 Å². The summed E-state index contributed by atoms with van der Waals surface area (Å²) in [6.45, 7) is 2.29. The molecular formula is C13H23NO. The third kappa shape index (κ3) is 3.30. The zero-order chi connectivity index (χ0) is 10.5. The SMILES string of the molecule is O=C(CCC1CCNC1)C1CCCCC1. The van der Waals surface area contributed by atoms with E-state index in [1.54, 1.807) is 0 Å². The van der Waals surface area contributed by atoms with Crippen LogP contribution in [0.25, 0.3) is 0 Å². The van der Waals surface area contributed by atoms with Crippen molar-refractivity contribution in [3.05, 3.63) is 0 Å². The second-order valence-electron chi connectivity index (χ2n) is 5.20. The molecule has 0 aromatic rings. The molecule has 1 unspecified atom stereocenters. The van der Waals surface area contributed by atoms with Crippen LogP contribution >= 0.6 is 0 Å². The van der Waals surface area contributed by atoms with E-state index in [9.17, 15) is 4.79 Å². The fourth-order valence-corrected chi connectivity index (χ4v) is 2.94. The fraction of sp³-hybridized carbons (Fsp3) is 0.923. The first-order valence-electron chi connectivity index (χ1n) is 6.59. The summed E-state index contributed by atoms with van der Waals surface area (Å²) in [6.07, 6.45) is 9.49. The van der Waals surface area contributed by atoms with Crippen molar-refractivity contribution in [2.45, 2.75) is 51.4 Å². The number of carbonyl (C=O) groups excluding carboxylic acids is 1. The minimum atomic E-state index is 0.424. The van der Waals surface area contributed by atoms with Gasteiger partial charge in [-0.3, -0.25) is 4.79 Å². The van der Waals surface area contributed by atoms with Crippen molar-refractivity contribution in [1.82, 2.24) is 5.32 Å². The molecule has 0 aromatic carbocycles. The first-order valence-corrected chi connectivity index (χ1v) is 6.59. The molecule has 1 atom stereocenters. The van der Waals surface area contributed by atoms with Crippen LogP contribution in [0.1, 0.15) is 51.4 Å². The predicted octanol–water partition coefficient (Wildman–Crippen LogP) is 2.53. The Morgan fingerprint density at radius 1 is 1.13 bits per heavy atom. The van der Waals surface area contributed by atoms with E-state index in [0.29, 0.717) is 11.7 Å². The summed E-state index contributed by atoms with van der Waals surface area (Å²) >= 11 is 0. The summed E-state index contributed by atoms with van der Waals surface area (Å²) in [5, 5.41) is 3.36. The van der Waals surface area contributed by atoms with E-state index < -0.39 is 0 Å². The molecule has 0 radical (unpaired) electrons. The lowest BCUT2D eigenvalue weighted by Gasteiger charge is -2.20. The van der Waals surface area contributed by atoms with Crippen LogP contribution in [0.3, 0.4) is 0 Å². The Kier molecular flexibility index (Phi) is 4.18. The largest absolute Gasteiger partial charge is 0.316 e. The van der Waals surface area contributed by atoms with Crippen molar-refractivity contribution >= 4 is 5.78 Å². The molecular weight excluding hydrogens is 186 g/mol. The summed E-state index contributed by atoms with van der Waals surface area (Å²) in [5.41, 5.74) is 0. The Bertz CT molecular complexity index is 203. The highest BCUT2D eigenvalue weighted by Crippen LogP contribution is 2.26. The van der Waals surface area contributed by atoms with Crippen molar-refractivity contribution in [3.8, 4) is 0 Å². The van der Waals surface area contributed by atoms with E-state index in [1.165, 1.54) is 38.5 Å². The lowest BCUT2D eigenvalue weighted by atomic mass is 9.84. The van der Waals surface area contributed by atoms with Gasteiger partial charge in [0.05, 0.1) is 0 Å². The first-order chi connectivity index (χ1) is 7.36. The third-order valence-corrected chi connectivity index (χ3v) is 4.02. The number of ketones is 1. The third-order valence-electron chi connectivity index (χ3n) is 4.02. The Hall–Kier alpha value is -0.370. The van der Waals surface area contributed by atoms with Crippen LogP contribution in [0.15, 0.2) is 0 Å². The molecule has 0 amide bonds. The van der Waals surface area contributed by atoms with E-state index in [0.717, 1.165) is 31.8 Å². The maximum Gasteiger partial charge on any atom is 0.135 e. The average molecular weight is 209 g/mol. The van der Waals surface area contributed by atoms with Gasteiger partial charge in [-0.2, -0.15) is 0 Å². The molecule has 2 rings (SSSR count). The predicted molar refractivity (Wildman–Crippen MR) is 61.8 cm³/mol. The second kappa shape index (κ2) is 5.64. The highest BCUT2D eigenvalue weighted by atomic mass is 16.1. The van der Waals surface area contributed by atoms with Crippen LogP contribution in [0.5, 0.6) is 0 Å². The van der Waals surface area contributed by atoms with Gasteiger partial charge in [0.1, 0.15) is 5.78 Å². The van der Waals surface area contributed by atoms with Crippen LogP contribution in [-0.4, -0.2) is 18.9 Å². The Balaban J connectivity index is 1.66. The number of rotatable bonds is 4. The van der Waals surface area contributed by atoms with Gasteiger partial charge in [-0.15, -0.1) is 0 Å². The quantitative estimate of drug-likeness (QED) is 0.771. The molecule has 2 heteroatoms. The van der Waals surface area contributed by atoms with Gasteiger partial charge in [-0.1, -0.05) is 19.3 Å². The van der Waals surface area contributed by atoms with Gasteiger partial charge in [0.15, 0.2) is 0 Å². The minimum Gasteiger partial charge on any atom is -0.316 e. The molecule has 1 aliphatic heterocycles. The van der Waals surface area contributed by atoms with Gasteiger partial charge >= 0.3 is 0 Å². The molecule has 2 nitrogen and oxygen atoms in total. The highest BCUT2D eigenvalue weighted by Gasteiger charge is 2.22. The molecule has 0 bridgehead atoms. The number of nitrogens with one attached hydrogen (secondary N) is 1. The van der Waals surface area contributed by atoms with Gasteiger partial charge < -0.3 is 5.32 Å². The van der Waals surface area contributed by atoms with E-state index in [1.807, 2.05) is 0 Å². The second-order valence-corrected chi connectivity index (χ2v) is 5.20. The number of carbonyl (C=O) groups is 1. The Morgan fingerprint density at radius 3 is 2.60 bits per heavy atom. The Labute approximate surface area is 92.8 Å². The van der Waals surface area contributed by atoms with Gasteiger partial charge in [0, 0.05) is 12.3 Å². The molecule has 1 saturated carbocycles. The van der Waals surface area contributed by atoms with Crippen molar-refractivity contribution < 1.29 is 4.79 Å². The maximum atomic E-state index is 11.9. The first kappa shape index (κ1) is 11.1. The van der Waals surface area contributed by atoms with Crippen molar-refractivity contribution in [1.29, 1.82) is 0 Å². The van der Waals surface area contributed by atoms with E-state index in [-0.39, 0.29) is 0 Å². The summed E-state index contributed by atoms with van der Waals surface area (Å²) in [6, 6.07) is 0.